The van der Waals surface area contributed by atoms with Gasteiger partial charge in [-0.25, -0.2) is 15.6 Å². The topological polar surface area (TPSA) is 161 Å². The molecule has 3 aliphatic rings. The molecule has 246 valence electrons. The maximum atomic E-state index is 12.6. The van der Waals surface area contributed by atoms with Gasteiger partial charge in [-0.1, -0.05) is 25.5 Å². The van der Waals surface area contributed by atoms with Crippen molar-refractivity contribution in [2.75, 3.05) is 59.8 Å². The Hall–Kier alpha value is -2.13. The third-order valence-electron chi connectivity index (χ3n) is 8.33. The molecule has 43 heavy (non-hydrogen) atoms. The second kappa shape index (κ2) is 16.8. The number of hydrazine groups is 1. The molecule has 0 radical (unpaired) electrons. The first-order chi connectivity index (χ1) is 20.6. The van der Waals surface area contributed by atoms with Gasteiger partial charge in [0.1, 0.15) is 29.7 Å². The third-order valence-corrected chi connectivity index (χ3v) is 8.33. The molecule has 1 aliphatic carbocycles. The Morgan fingerprint density at radius 3 is 2.33 bits per heavy atom. The molecule has 3 fully saturated rings. The van der Waals surface area contributed by atoms with Gasteiger partial charge in [-0.3, -0.25) is 4.79 Å². The van der Waals surface area contributed by atoms with E-state index in [1.807, 2.05) is 13.8 Å². The number of hydrogen-bond acceptors (Lipinski definition) is 11. The summed E-state index contributed by atoms with van der Waals surface area (Å²) < 4.78 is 34.9. The Balaban J connectivity index is 1.24. The van der Waals surface area contributed by atoms with E-state index in [2.05, 4.69) is 48.3 Å². The molecule has 13 heteroatoms. The minimum Gasteiger partial charge on any atom is -0.443 e. The highest BCUT2D eigenvalue weighted by Crippen LogP contribution is 2.59. The first kappa shape index (κ1) is 35.4. The molecule has 7 atom stereocenters. The average Bonchev–Trinajstić information content (AvgIpc) is 3.88. The van der Waals surface area contributed by atoms with Crippen molar-refractivity contribution in [2.24, 2.45) is 11.8 Å². The van der Waals surface area contributed by atoms with Gasteiger partial charge >= 0.3 is 6.09 Å². The van der Waals surface area contributed by atoms with Gasteiger partial charge in [0.2, 0.25) is 5.91 Å². The number of nitrogens with one attached hydrogen (secondary N) is 4. The molecule has 0 aromatic rings. The summed E-state index contributed by atoms with van der Waals surface area (Å²) in [7, 11) is 1.66. The lowest BCUT2D eigenvalue weighted by atomic mass is 9.68. The van der Waals surface area contributed by atoms with Crippen molar-refractivity contribution >= 4 is 18.3 Å². The highest BCUT2D eigenvalue weighted by Gasteiger charge is 2.72. The standard InChI is InChI=1S/C30H52N4O9/c1-20(2)7-8-24-29(5,43-24)27-26(38-6)23(9-10-30(27)19-41-30)42-28(37)32-12-14-40-16-15-39-13-11-31-25(36)17-33-34-22(18-35)21(3)4/h7,18,21-24,26-27,33-34H,8-17,19H2,1-6H3,(H,31,36)(H,32,37)/t22-,23?,24-,26?,27?,29?,30+/m1/s1. The van der Waals surface area contributed by atoms with Crippen LogP contribution in [-0.2, 0) is 38.0 Å². The van der Waals surface area contributed by atoms with E-state index in [0.717, 1.165) is 19.1 Å². The molecule has 1 saturated carbocycles. The summed E-state index contributed by atoms with van der Waals surface area (Å²) in [5.41, 5.74) is 6.17. The van der Waals surface area contributed by atoms with Gasteiger partial charge in [-0.15, -0.1) is 0 Å². The fourth-order valence-corrected chi connectivity index (χ4v) is 5.73. The Labute approximate surface area is 255 Å². The lowest BCUT2D eigenvalue weighted by molar-refractivity contribution is -0.121. The lowest BCUT2D eigenvalue weighted by Gasteiger charge is -2.42. The number of methoxy groups -OCH3 is 1. The molecule has 2 heterocycles. The molecular formula is C30H52N4O9. The van der Waals surface area contributed by atoms with Crippen molar-refractivity contribution in [3.8, 4) is 0 Å². The summed E-state index contributed by atoms with van der Waals surface area (Å²) in [5.74, 6) is -0.114. The van der Waals surface area contributed by atoms with Crippen LogP contribution < -0.4 is 21.5 Å². The summed E-state index contributed by atoms with van der Waals surface area (Å²) in [6.07, 6.45) is 4.17. The van der Waals surface area contributed by atoms with Crippen molar-refractivity contribution in [3.63, 3.8) is 0 Å². The van der Waals surface area contributed by atoms with Crippen LogP contribution in [0.1, 0.15) is 53.9 Å². The molecule has 13 nitrogen and oxygen atoms in total. The van der Waals surface area contributed by atoms with E-state index in [9.17, 15) is 14.4 Å². The maximum absolute atomic E-state index is 12.6. The zero-order valence-electron chi connectivity index (χ0n) is 26.6. The van der Waals surface area contributed by atoms with Gasteiger partial charge in [0.15, 0.2) is 0 Å². The molecule has 2 aliphatic heterocycles. The minimum atomic E-state index is -0.507. The number of allylic oxidation sites excluding steroid dienone is 1. The van der Waals surface area contributed by atoms with E-state index in [1.54, 1.807) is 7.11 Å². The lowest BCUT2D eigenvalue weighted by Crippen LogP contribution is -2.56. The second-order valence-electron chi connectivity index (χ2n) is 12.2. The molecule has 4 N–H and O–H groups in total. The fraction of sp³-hybridized carbons (Fsp3) is 0.833. The number of ether oxygens (including phenoxy) is 6. The molecule has 2 amide bonds. The van der Waals surface area contributed by atoms with Gasteiger partial charge < -0.3 is 43.8 Å². The monoisotopic (exact) mass is 612 g/mol. The van der Waals surface area contributed by atoms with Crippen LogP contribution in [-0.4, -0.2) is 114 Å². The van der Waals surface area contributed by atoms with E-state index in [0.29, 0.717) is 52.5 Å². The van der Waals surface area contributed by atoms with Gasteiger partial charge in [-0.2, -0.15) is 0 Å². The first-order valence-corrected chi connectivity index (χ1v) is 15.3. The summed E-state index contributed by atoms with van der Waals surface area (Å²) in [5, 5.41) is 5.47. The fourth-order valence-electron chi connectivity index (χ4n) is 5.73. The van der Waals surface area contributed by atoms with Gasteiger partial charge in [-0.05, 0) is 46.0 Å². The predicted molar refractivity (Wildman–Crippen MR) is 158 cm³/mol. The van der Waals surface area contributed by atoms with Crippen LogP contribution in [0, 0.1) is 11.8 Å². The molecule has 0 aromatic heterocycles. The largest absolute Gasteiger partial charge is 0.443 e. The SMILES string of the molecule is COC1C(OC(=O)NCCOCCOCCNC(=O)CNN[C@H](C=O)C(C)C)CC[C@]2(CO2)C1C1(C)O[C@@H]1CC=C(C)C. The van der Waals surface area contributed by atoms with E-state index in [4.69, 9.17) is 28.4 Å². The van der Waals surface area contributed by atoms with E-state index < -0.39 is 12.2 Å². The molecule has 4 unspecified atom stereocenters. The molecular weight excluding hydrogens is 560 g/mol. The Bertz CT molecular complexity index is 941. The summed E-state index contributed by atoms with van der Waals surface area (Å²) in [6.45, 7) is 12.8. The van der Waals surface area contributed by atoms with E-state index >= 15 is 0 Å². The van der Waals surface area contributed by atoms with Crippen LogP contribution in [0.3, 0.4) is 0 Å². The zero-order valence-corrected chi connectivity index (χ0v) is 26.6. The predicted octanol–water partition coefficient (Wildman–Crippen LogP) is 1.26. The van der Waals surface area contributed by atoms with E-state index in [-0.39, 0.29) is 53.7 Å². The Kier molecular flexibility index (Phi) is 13.8. The van der Waals surface area contributed by atoms with Gasteiger partial charge in [0.25, 0.3) is 0 Å². The number of rotatable bonds is 20. The number of epoxide rings is 2. The van der Waals surface area contributed by atoms with E-state index in [1.165, 1.54) is 5.57 Å². The summed E-state index contributed by atoms with van der Waals surface area (Å²) in [4.78, 5) is 35.3. The average molecular weight is 613 g/mol. The molecule has 3 rings (SSSR count). The smallest absolute Gasteiger partial charge is 0.407 e. The number of hydrogen-bond donors (Lipinski definition) is 4. The number of carbonyl (C=O) groups excluding carboxylic acids is 3. The van der Waals surface area contributed by atoms with Crippen molar-refractivity contribution in [2.45, 2.75) is 89.4 Å². The summed E-state index contributed by atoms with van der Waals surface area (Å²) >= 11 is 0. The highest BCUT2D eigenvalue weighted by molar-refractivity contribution is 5.77. The maximum Gasteiger partial charge on any atom is 0.407 e. The van der Waals surface area contributed by atoms with Crippen LogP contribution in [0.15, 0.2) is 11.6 Å². The van der Waals surface area contributed by atoms with Crippen molar-refractivity contribution in [3.05, 3.63) is 11.6 Å². The van der Waals surface area contributed by atoms with Gasteiger partial charge in [0.05, 0.1) is 57.6 Å². The molecule has 2 saturated heterocycles. The quantitative estimate of drug-likeness (QED) is 0.0515. The Morgan fingerprint density at radius 1 is 1.07 bits per heavy atom. The van der Waals surface area contributed by atoms with Gasteiger partial charge in [0, 0.05) is 20.2 Å². The number of amides is 2. The van der Waals surface area contributed by atoms with Crippen LogP contribution in [0.2, 0.25) is 0 Å². The second-order valence-corrected chi connectivity index (χ2v) is 12.2. The van der Waals surface area contributed by atoms with Crippen LogP contribution in [0.4, 0.5) is 4.79 Å². The number of alkyl carbamates (subject to hydrolysis) is 1. The van der Waals surface area contributed by atoms with Crippen molar-refractivity contribution in [1.29, 1.82) is 0 Å². The van der Waals surface area contributed by atoms with Crippen LogP contribution in [0.5, 0.6) is 0 Å². The molecule has 1 spiro atoms. The number of aldehydes is 1. The van der Waals surface area contributed by atoms with Crippen LogP contribution in [0.25, 0.3) is 0 Å². The third kappa shape index (κ3) is 10.5. The van der Waals surface area contributed by atoms with Crippen LogP contribution >= 0.6 is 0 Å². The highest BCUT2D eigenvalue weighted by atomic mass is 16.6. The Morgan fingerprint density at radius 2 is 1.74 bits per heavy atom. The zero-order chi connectivity index (χ0) is 31.5. The number of carbonyl (C=O) groups is 3. The minimum absolute atomic E-state index is 0.0247. The normalized spacial score (nSPS) is 30.0. The summed E-state index contributed by atoms with van der Waals surface area (Å²) in [6, 6.07) is -0.354. The van der Waals surface area contributed by atoms with Crippen molar-refractivity contribution < 1.29 is 42.8 Å². The van der Waals surface area contributed by atoms with Crippen molar-refractivity contribution in [1.82, 2.24) is 21.5 Å². The molecule has 0 bridgehead atoms. The first-order valence-electron chi connectivity index (χ1n) is 15.3. The molecule has 0 aromatic carbocycles.